The Morgan fingerprint density at radius 3 is 2.94 bits per heavy atom. The first-order chi connectivity index (χ1) is 8.76. The highest BCUT2D eigenvalue weighted by Crippen LogP contribution is 2.21. The van der Waals surface area contributed by atoms with Crippen molar-refractivity contribution in [2.45, 2.75) is 25.5 Å². The minimum Gasteiger partial charge on any atom is -0.382 e. The van der Waals surface area contributed by atoms with Crippen LogP contribution in [0.2, 0.25) is 0 Å². The summed E-state index contributed by atoms with van der Waals surface area (Å²) in [5.74, 6) is 1.35. The van der Waals surface area contributed by atoms with Crippen molar-refractivity contribution in [3.63, 3.8) is 0 Å². The van der Waals surface area contributed by atoms with Gasteiger partial charge in [0.15, 0.2) is 16.6 Å². The molecule has 0 fully saturated rings. The first-order valence-electron chi connectivity index (χ1n) is 5.95. The molecule has 2 aromatic heterocycles. The summed E-state index contributed by atoms with van der Waals surface area (Å²) in [6.07, 6.45) is 1.73. The van der Waals surface area contributed by atoms with Gasteiger partial charge in [0.1, 0.15) is 5.52 Å². The molecule has 2 N–H and O–H groups in total. The van der Waals surface area contributed by atoms with E-state index in [2.05, 4.69) is 21.9 Å². The monoisotopic (exact) mass is 267 g/mol. The quantitative estimate of drug-likeness (QED) is 0.486. The SMILES string of the molecule is CCOCCn1cnc2c(N)nc(SCC)nc21. The number of fused-ring (bicyclic) bond motifs is 1. The summed E-state index contributed by atoms with van der Waals surface area (Å²) < 4.78 is 7.28. The topological polar surface area (TPSA) is 78.9 Å². The van der Waals surface area contributed by atoms with Crippen molar-refractivity contribution in [2.24, 2.45) is 0 Å². The van der Waals surface area contributed by atoms with Crippen LogP contribution in [0.1, 0.15) is 13.8 Å². The third kappa shape index (κ3) is 2.73. The van der Waals surface area contributed by atoms with Crippen molar-refractivity contribution < 1.29 is 4.74 Å². The van der Waals surface area contributed by atoms with Gasteiger partial charge in [0, 0.05) is 13.2 Å². The van der Waals surface area contributed by atoms with Crippen molar-refractivity contribution in [3.8, 4) is 0 Å². The van der Waals surface area contributed by atoms with Gasteiger partial charge in [0.25, 0.3) is 0 Å². The van der Waals surface area contributed by atoms with Gasteiger partial charge >= 0.3 is 0 Å². The summed E-state index contributed by atoms with van der Waals surface area (Å²) in [6, 6.07) is 0. The molecule has 0 radical (unpaired) electrons. The molecule has 2 aromatic rings. The molecule has 2 heterocycles. The fourth-order valence-corrected chi connectivity index (χ4v) is 2.18. The zero-order chi connectivity index (χ0) is 13.0. The lowest BCUT2D eigenvalue weighted by Crippen LogP contribution is -2.06. The summed E-state index contributed by atoms with van der Waals surface area (Å²) >= 11 is 1.57. The number of hydrogen-bond acceptors (Lipinski definition) is 6. The van der Waals surface area contributed by atoms with Crippen LogP contribution in [0.15, 0.2) is 11.5 Å². The predicted octanol–water partition coefficient (Wildman–Crippen LogP) is 1.56. The number of rotatable bonds is 6. The summed E-state index contributed by atoms with van der Waals surface area (Å²) in [5, 5.41) is 0.695. The summed E-state index contributed by atoms with van der Waals surface area (Å²) in [5.41, 5.74) is 7.32. The maximum atomic E-state index is 5.88. The molecule has 0 saturated heterocycles. The van der Waals surface area contributed by atoms with Crippen LogP contribution in [0, 0.1) is 0 Å². The Balaban J connectivity index is 2.30. The Labute approximate surface area is 110 Å². The third-order valence-corrected chi connectivity index (χ3v) is 3.15. The minimum absolute atomic E-state index is 0.436. The molecule has 6 nitrogen and oxygen atoms in total. The highest BCUT2D eigenvalue weighted by atomic mass is 32.2. The van der Waals surface area contributed by atoms with E-state index in [9.17, 15) is 0 Å². The van der Waals surface area contributed by atoms with E-state index in [1.165, 1.54) is 0 Å². The predicted molar refractivity (Wildman–Crippen MR) is 72.6 cm³/mol. The Hall–Kier alpha value is -1.34. The largest absolute Gasteiger partial charge is 0.382 e. The number of imidazole rings is 1. The number of ether oxygens (including phenoxy) is 1. The molecule has 0 bridgehead atoms. The minimum atomic E-state index is 0.436. The molecule has 2 rings (SSSR count). The van der Waals surface area contributed by atoms with Crippen molar-refractivity contribution in [2.75, 3.05) is 24.7 Å². The number of nitrogen functional groups attached to an aromatic ring is 1. The number of aromatic nitrogens is 4. The molecule has 0 amide bonds. The first kappa shape index (κ1) is 13.1. The van der Waals surface area contributed by atoms with Crippen LogP contribution in [0.25, 0.3) is 11.2 Å². The molecule has 0 unspecified atom stereocenters. The standard InChI is InChI=1S/C11H17N5OS/c1-3-17-6-5-16-7-13-8-9(12)14-11(18-4-2)15-10(8)16/h7H,3-6H2,1-2H3,(H2,12,14,15). The maximum absolute atomic E-state index is 5.88. The van der Waals surface area contributed by atoms with Crippen LogP contribution in [-0.4, -0.2) is 38.5 Å². The van der Waals surface area contributed by atoms with Gasteiger partial charge in [-0.2, -0.15) is 0 Å². The number of nitrogens with zero attached hydrogens (tertiary/aromatic N) is 4. The Morgan fingerprint density at radius 1 is 1.39 bits per heavy atom. The third-order valence-electron chi connectivity index (χ3n) is 2.42. The van der Waals surface area contributed by atoms with E-state index in [0.717, 1.165) is 17.9 Å². The van der Waals surface area contributed by atoms with Gasteiger partial charge in [0.2, 0.25) is 0 Å². The molecule has 98 valence electrons. The van der Waals surface area contributed by atoms with Gasteiger partial charge < -0.3 is 15.0 Å². The second-order valence-electron chi connectivity index (χ2n) is 3.63. The highest BCUT2D eigenvalue weighted by Gasteiger charge is 2.10. The van der Waals surface area contributed by atoms with E-state index in [-0.39, 0.29) is 0 Å². The molecule has 7 heteroatoms. The Morgan fingerprint density at radius 2 is 2.22 bits per heavy atom. The molecule has 0 aliphatic carbocycles. The van der Waals surface area contributed by atoms with Gasteiger partial charge in [-0.3, -0.25) is 0 Å². The fourth-order valence-electron chi connectivity index (χ4n) is 1.61. The number of thioether (sulfide) groups is 1. The van der Waals surface area contributed by atoms with Crippen LogP contribution in [0.3, 0.4) is 0 Å². The molecule has 18 heavy (non-hydrogen) atoms. The Kier molecular flexibility index (Phi) is 4.38. The van der Waals surface area contributed by atoms with E-state index in [1.54, 1.807) is 18.1 Å². The molecule has 0 aliphatic heterocycles. The van der Waals surface area contributed by atoms with E-state index >= 15 is 0 Å². The summed E-state index contributed by atoms with van der Waals surface area (Å²) in [4.78, 5) is 13.0. The van der Waals surface area contributed by atoms with E-state index in [4.69, 9.17) is 10.5 Å². The zero-order valence-corrected chi connectivity index (χ0v) is 11.4. The molecule has 0 saturated carbocycles. The van der Waals surface area contributed by atoms with Crippen LogP contribution < -0.4 is 5.73 Å². The average Bonchev–Trinajstić information content (AvgIpc) is 2.74. The molecular weight excluding hydrogens is 250 g/mol. The smallest absolute Gasteiger partial charge is 0.191 e. The molecule has 0 aromatic carbocycles. The van der Waals surface area contributed by atoms with E-state index in [1.807, 2.05) is 11.5 Å². The Bertz CT molecular complexity index is 527. The van der Waals surface area contributed by atoms with Crippen molar-refractivity contribution in [1.29, 1.82) is 0 Å². The van der Waals surface area contributed by atoms with Gasteiger partial charge in [-0.15, -0.1) is 0 Å². The van der Waals surface area contributed by atoms with Gasteiger partial charge in [-0.1, -0.05) is 18.7 Å². The second-order valence-corrected chi connectivity index (χ2v) is 4.86. The van der Waals surface area contributed by atoms with Crippen LogP contribution in [0.5, 0.6) is 0 Å². The summed E-state index contributed by atoms with van der Waals surface area (Å²) in [7, 11) is 0. The van der Waals surface area contributed by atoms with Crippen molar-refractivity contribution in [3.05, 3.63) is 6.33 Å². The number of hydrogen-bond donors (Lipinski definition) is 1. The molecule has 0 atom stereocenters. The lowest BCUT2D eigenvalue weighted by molar-refractivity contribution is 0.139. The van der Waals surface area contributed by atoms with Crippen molar-refractivity contribution >= 4 is 28.7 Å². The van der Waals surface area contributed by atoms with Crippen LogP contribution in [0.4, 0.5) is 5.82 Å². The molecular formula is C11H17N5OS. The van der Waals surface area contributed by atoms with Crippen molar-refractivity contribution in [1.82, 2.24) is 19.5 Å². The normalized spacial score (nSPS) is 11.2. The second kappa shape index (κ2) is 6.01. The van der Waals surface area contributed by atoms with Gasteiger partial charge in [-0.05, 0) is 12.7 Å². The lowest BCUT2D eigenvalue weighted by atomic mass is 10.5. The van der Waals surface area contributed by atoms with Gasteiger partial charge in [-0.25, -0.2) is 15.0 Å². The van der Waals surface area contributed by atoms with Gasteiger partial charge in [0.05, 0.1) is 12.9 Å². The molecule has 0 spiro atoms. The first-order valence-corrected chi connectivity index (χ1v) is 6.93. The van der Waals surface area contributed by atoms with E-state index < -0.39 is 0 Å². The molecule has 0 aliphatic rings. The van der Waals surface area contributed by atoms with Crippen LogP contribution in [-0.2, 0) is 11.3 Å². The average molecular weight is 267 g/mol. The fraction of sp³-hybridized carbons (Fsp3) is 0.545. The number of nitrogens with two attached hydrogens (primary N) is 1. The highest BCUT2D eigenvalue weighted by molar-refractivity contribution is 7.99. The van der Waals surface area contributed by atoms with E-state index in [0.29, 0.717) is 29.7 Å². The maximum Gasteiger partial charge on any atom is 0.191 e. The zero-order valence-electron chi connectivity index (χ0n) is 10.6. The number of anilines is 1. The lowest BCUT2D eigenvalue weighted by Gasteiger charge is -2.05. The van der Waals surface area contributed by atoms with Crippen LogP contribution >= 0.6 is 11.8 Å². The summed E-state index contributed by atoms with van der Waals surface area (Å²) in [6.45, 7) is 6.10.